The molecule has 7 atom stereocenters. The Morgan fingerprint density at radius 3 is 2.50 bits per heavy atom. The first kappa shape index (κ1) is 27.1. The summed E-state index contributed by atoms with van der Waals surface area (Å²) in [6, 6.07) is -0.426. The van der Waals surface area contributed by atoms with Gasteiger partial charge in [-0.1, -0.05) is 0 Å². The zero-order valence-electron chi connectivity index (χ0n) is 22.0. The lowest BCUT2D eigenvalue weighted by Gasteiger charge is -2.45. The summed E-state index contributed by atoms with van der Waals surface area (Å²) < 4.78 is 15.4. The number of hydrogen-bond acceptors (Lipinski definition) is 9. The van der Waals surface area contributed by atoms with Crippen LogP contribution in [0.25, 0.3) is 0 Å². The predicted octanol–water partition coefficient (Wildman–Crippen LogP) is -1.94. The number of nitrogens with one attached hydrogen (secondary N) is 4. The fraction of sp³-hybridized carbons (Fsp3) is 0.920. The number of nitrogens with zero attached hydrogens (tertiary/aromatic N) is 4. The molecule has 7 aliphatic rings. The summed E-state index contributed by atoms with van der Waals surface area (Å²) in [5, 5.41) is 11.4. The van der Waals surface area contributed by atoms with Crippen molar-refractivity contribution in [3.05, 3.63) is 0 Å². The average Bonchev–Trinajstić information content (AvgIpc) is 3.03. The van der Waals surface area contributed by atoms with Crippen molar-refractivity contribution in [3.63, 3.8) is 0 Å². The molecule has 6 N–H and O–H groups in total. The second kappa shape index (κ2) is 11.4. The van der Waals surface area contributed by atoms with Gasteiger partial charge < -0.3 is 26.2 Å². The molecular weight excluding hydrogens is 513 g/mol. The fourth-order valence-electron chi connectivity index (χ4n) is 7.60. The number of piperidine rings is 3. The monoisotopic (exact) mass is 555 g/mol. The molecule has 0 radical (unpaired) electrons. The molecule has 2 amide bonds. The van der Waals surface area contributed by atoms with Gasteiger partial charge in [0.1, 0.15) is 6.17 Å². The van der Waals surface area contributed by atoms with Crippen LogP contribution < -0.4 is 27.1 Å². The van der Waals surface area contributed by atoms with Crippen molar-refractivity contribution in [3.8, 4) is 0 Å². The van der Waals surface area contributed by atoms with Crippen LogP contribution in [0.1, 0.15) is 25.7 Å². The van der Waals surface area contributed by atoms with E-state index in [1.54, 1.807) is 0 Å². The summed E-state index contributed by atoms with van der Waals surface area (Å²) in [6.45, 7) is 7.29. The zero-order chi connectivity index (χ0) is 26.4. The molecule has 0 spiro atoms. The Hall–Kier alpha value is -1.12. The summed E-state index contributed by atoms with van der Waals surface area (Å²) in [6.07, 6.45) is 1.73. The van der Waals surface area contributed by atoms with Gasteiger partial charge in [-0.25, -0.2) is 14.8 Å². The maximum absolute atomic E-state index is 15.4. The number of halogens is 2. The molecule has 38 heavy (non-hydrogen) atoms. The Bertz CT molecular complexity index is 872. The summed E-state index contributed by atoms with van der Waals surface area (Å²) >= 11 is 6.27. The van der Waals surface area contributed by atoms with Gasteiger partial charge in [-0.05, 0) is 38.8 Å². The molecule has 0 aromatic rings. The third-order valence-corrected chi connectivity index (χ3v) is 9.97. The van der Waals surface area contributed by atoms with Crippen LogP contribution in [-0.4, -0.2) is 139 Å². The van der Waals surface area contributed by atoms with Crippen LogP contribution in [0.2, 0.25) is 0 Å². The highest BCUT2D eigenvalue weighted by Crippen LogP contribution is 2.29. The summed E-state index contributed by atoms with van der Waals surface area (Å²) in [4.78, 5) is 33.7. The second-order valence-electron chi connectivity index (χ2n) is 12.0. The number of nitrogens with two attached hydrogens (primary N) is 1. The Balaban J connectivity index is 1.07. The number of hydrogen-bond donors (Lipinski definition) is 5. The summed E-state index contributed by atoms with van der Waals surface area (Å²) in [5.41, 5.74) is 9.46. The van der Waals surface area contributed by atoms with Crippen LogP contribution in [0.3, 0.4) is 0 Å². The van der Waals surface area contributed by atoms with Gasteiger partial charge in [-0.3, -0.25) is 19.8 Å². The first-order valence-electron chi connectivity index (χ1n) is 14.5. The molecule has 7 unspecified atom stereocenters. The van der Waals surface area contributed by atoms with E-state index in [4.69, 9.17) is 17.3 Å². The SMILES string of the molecule is NC1NN2CC(Cl)CNC2C1C(=O)NC1CNCC(F)C1N1CCC(C(=O)N2CCN3CCC2CC3)CC1. The highest BCUT2D eigenvalue weighted by atomic mass is 35.5. The molecule has 7 rings (SSSR count). The number of hydrazine groups is 1. The topological polar surface area (TPSA) is 121 Å². The molecule has 2 bridgehead atoms. The average molecular weight is 556 g/mol. The summed E-state index contributed by atoms with van der Waals surface area (Å²) in [5.74, 6) is -0.399. The number of alkyl halides is 2. The number of rotatable bonds is 4. The Labute approximate surface area is 229 Å². The van der Waals surface area contributed by atoms with Crippen LogP contribution >= 0.6 is 11.6 Å². The summed E-state index contributed by atoms with van der Waals surface area (Å²) in [7, 11) is 0. The molecular formula is C25H43ClFN9O2. The minimum Gasteiger partial charge on any atom is -0.350 e. The van der Waals surface area contributed by atoms with E-state index < -0.39 is 24.3 Å². The molecule has 0 aromatic carbocycles. The maximum atomic E-state index is 15.4. The van der Waals surface area contributed by atoms with Crippen LogP contribution in [0.5, 0.6) is 0 Å². The van der Waals surface area contributed by atoms with Crippen molar-refractivity contribution in [1.82, 2.24) is 41.1 Å². The van der Waals surface area contributed by atoms with Crippen LogP contribution in [0.4, 0.5) is 4.39 Å². The second-order valence-corrected chi connectivity index (χ2v) is 12.6. The van der Waals surface area contributed by atoms with Crippen molar-refractivity contribution in [1.29, 1.82) is 0 Å². The molecule has 11 nitrogen and oxygen atoms in total. The van der Waals surface area contributed by atoms with Crippen LogP contribution in [0, 0.1) is 11.8 Å². The number of carbonyl (C=O) groups excluding carboxylic acids is 2. The van der Waals surface area contributed by atoms with E-state index in [1.807, 2.05) is 5.01 Å². The molecule has 0 aliphatic carbocycles. The van der Waals surface area contributed by atoms with E-state index in [1.165, 1.54) is 0 Å². The Kier molecular flexibility index (Phi) is 8.12. The minimum absolute atomic E-state index is 0.00268. The molecule has 0 saturated carbocycles. The van der Waals surface area contributed by atoms with Gasteiger partial charge in [0.25, 0.3) is 0 Å². The standard InChI is InChI=1S/C25H43ClFN9O2/c26-16-11-30-23-20(22(28)32-36(23)14-16)24(37)31-19-13-29-12-18(27)21(19)34-7-1-15(2-8-34)25(38)35-10-9-33-5-3-17(35)4-6-33/h15-23,29-30,32H,1-14,28H2,(H,31,37). The van der Waals surface area contributed by atoms with Gasteiger partial charge in [0.05, 0.1) is 35.7 Å². The first-order valence-corrected chi connectivity index (χ1v) is 14.9. The highest BCUT2D eigenvalue weighted by molar-refractivity contribution is 6.21. The lowest BCUT2D eigenvalue weighted by Crippen LogP contribution is -2.67. The van der Waals surface area contributed by atoms with Crippen molar-refractivity contribution >= 4 is 23.4 Å². The number of likely N-dealkylation sites (tertiary alicyclic amines) is 1. The third-order valence-electron chi connectivity index (χ3n) is 9.68. The van der Waals surface area contributed by atoms with Crippen molar-refractivity contribution < 1.29 is 14.0 Å². The van der Waals surface area contributed by atoms with E-state index in [0.717, 1.165) is 51.9 Å². The normalized spacial score (nSPS) is 43.0. The van der Waals surface area contributed by atoms with Gasteiger partial charge in [0.15, 0.2) is 0 Å². The van der Waals surface area contributed by atoms with Gasteiger partial charge in [0, 0.05) is 64.3 Å². The third kappa shape index (κ3) is 5.30. The molecule has 7 aliphatic heterocycles. The van der Waals surface area contributed by atoms with Crippen LogP contribution in [-0.2, 0) is 9.59 Å². The van der Waals surface area contributed by atoms with Crippen LogP contribution in [0.15, 0.2) is 0 Å². The largest absolute Gasteiger partial charge is 0.350 e. The van der Waals surface area contributed by atoms with E-state index in [-0.39, 0.29) is 41.9 Å². The highest BCUT2D eigenvalue weighted by Gasteiger charge is 2.48. The van der Waals surface area contributed by atoms with E-state index in [9.17, 15) is 9.59 Å². The Morgan fingerprint density at radius 2 is 1.74 bits per heavy atom. The lowest BCUT2D eigenvalue weighted by molar-refractivity contribution is -0.139. The molecule has 7 fully saturated rings. The minimum atomic E-state index is -1.10. The van der Waals surface area contributed by atoms with Crippen molar-refractivity contribution in [2.75, 3.05) is 65.4 Å². The van der Waals surface area contributed by atoms with Gasteiger partial charge >= 0.3 is 0 Å². The van der Waals surface area contributed by atoms with Crippen molar-refractivity contribution in [2.24, 2.45) is 17.6 Å². The zero-order valence-corrected chi connectivity index (χ0v) is 22.8. The molecule has 7 heterocycles. The van der Waals surface area contributed by atoms with E-state index >= 15 is 4.39 Å². The molecule has 214 valence electrons. The maximum Gasteiger partial charge on any atom is 0.229 e. The first-order chi connectivity index (χ1) is 18.4. The molecule has 13 heteroatoms. The smallest absolute Gasteiger partial charge is 0.229 e. The predicted molar refractivity (Wildman–Crippen MR) is 142 cm³/mol. The number of amides is 2. The van der Waals surface area contributed by atoms with Gasteiger partial charge in [-0.15, -0.1) is 11.6 Å². The number of carbonyl (C=O) groups is 2. The van der Waals surface area contributed by atoms with E-state index in [0.29, 0.717) is 38.8 Å². The van der Waals surface area contributed by atoms with Gasteiger partial charge in [-0.2, -0.15) is 0 Å². The van der Waals surface area contributed by atoms with E-state index in [2.05, 4.69) is 36.1 Å². The fourth-order valence-corrected chi connectivity index (χ4v) is 7.84. The van der Waals surface area contributed by atoms with Gasteiger partial charge in [0.2, 0.25) is 11.8 Å². The van der Waals surface area contributed by atoms with Crippen molar-refractivity contribution in [2.45, 2.75) is 67.7 Å². The molecule has 7 saturated heterocycles. The molecule has 0 aromatic heterocycles. The Morgan fingerprint density at radius 1 is 0.974 bits per heavy atom. The quantitative estimate of drug-likeness (QED) is 0.252. The number of fused-ring (bicyclic) bond motifs is 5. The lowest BCUT2D eigenvalue weighted by atomic mass is 9.89.